The van der Waals surface area contributed by atoms with E-state index in [0.29, 0.717) is 22.2 Å². The minimum Gasteiger partial charge on any atom is -0.347 e. The van der Waals surface area contributed by atoms with Crippen molar-refractivity contribution in [3.8, 4) is 0 Å². The maximum absolute atomic E-state index is 13.1. The Morgan fingerprint density at radius 3 is 2.63 bits per heavy atom. The number of rotatable bonds is 5. The summed E-state index contributed by atoms with van der Waals surface area (Å²) in [6, 6.07) is 10.7. The van der Waals surface area contributed by atoms with E-state index in [-0.39, 0.29) is 17.1 Å². The van der Waals surface area contributed by atoms with Gasteiger partial charge in [0.1, 0.15) is 0 Å². The molecular weight excluding hydrogens is 416 g/mol. The van der Waals surface area contributed by atoms with Crippen LogP contribution in [0.15, 0.2) is 53.7 Å². The molecule has 2 heterocycles. The van der Waals surface area contributed by atoms with Crippen LogP contribution in [-0.2, 0) is 16.4 Å². The zero-order valence-corrected chi connectivity index (χ0v) is 18.8. The Hall–Kier alpha value is -2.25. The van der Waals surface area contributed by atoms with Crippen LogP contribution < -0.4 is 5.32 Å². The molecule has 0 saturated heterocycles. The summed E-state index contributed by atoms with van der Waals surface area (Å²) in [7, 11) is -3.33. The lowest BCUT2D eigenvalue weighted by atomic mass is 9.83. The number of pyridine rings is 1. The monoisotopic (exact) mass is 442 g/mol. The number of amides is 1. The van der Waals surface area contributed by atoms with E-state index < -0.39 is 9.84 Å². The van der Waals surface area contributed by atoms with Crippen LogP contribution in [0.5, 0.6) is 0 Å². The van der Waals surface area contributed by atoms with E-state index in [2.05, 4.69) is 17.2 Å². The van der Waals surface area contributed by atoms with Crippen LogP contribution in [0.25, 0.3) is 10.1 Å². The van der Waals surface area contributed by atoms with E-state index in [1.807, 2.05) is 19.1 Å². The number of nitrogens with zero attached hydrogens (tertiary/aromatic N) is 1. The zero-order chi connectivity index (χ0) is 21.3. The highest BCUT2D eigenvalue weighted by molar-refractivity contribution is 7.92. The van der Waals surface area contributed by atoms with Crippen molar-refractivity contribution in [1.29, 1.82) is 0 Å². The third-order valence-corrected chi connectivity index (χ3v) is 9.51. The van der Waals surface area contributed by atoms with Crippen LogP contribution in [0.3, 0.4) is 0 Å². The maximum Gasteiger partial charge on any atom is 0.261 e. The quantitative estimate of drug-likeness (QED) is 0.614. The predicted octanol–water partition coefficient (Wildman–Crippen LogP) is 4.82. The Kier molecular flexibility index (Phi) is 5.93. The van der Waals surface area contributed by atoms with Gasteiger partial charge in [-0.25, -0.2) is 8.42 Å². The Balaban J connectivity index is 1.41. The fraction of sp³-hybridized carbons (Fsp3) is 0.391. The fourth-order valence-electron chi connectivity index (χ4n) is 4.34. The number of sulfone groups is 1. The third-order valence-electron chi connectivity index (χ3n) is 6.00. The first-order valence-electron chi connectivity index (χ1n) is 10.3. The Morgan fingerprint density at radius 2 is 1.93 bits per heavy atom. The zero-order valence-electron chi connectivity index (χ0n) is 17.2. The molecule has 0 radical (unpaired) electrons. The highest BCUT2D eigenvalue weighted by Gasteiger charge is 2.36. The van der Waals surface area contributed by atoms with Crippen LogP contribution >= 0.6 is 11.3 Å². The fourth-order valence-corrected chi connectivity index (χ4v) is 7.32. The summed E-state index contributed by atoms with van der Waals surface area (Å²) in [5.41, 5.74) is 0.871. The van der Waals surface area contributed by atoms with Gasteiger partial charge < -0.3 is 5.32 Å². The van der Waals surface area contributed by atoms with Crippen LogP contribution in [-0.4, -0.2) is 24.6 Å². The Labute approximate surface area is 181 Å². The lowest BCUT2D eigenvalue weighted by Crippen LogP contribution is -2.33. The van der Waals surface area contributed by atoms with Crippen molar-refractivity contribution in [2.75, 3.05) is 0 Å². The van der Waals surface area contributed by atoms with Crippen LogP contribution in [0.4, 0.5) is 0 Å². The standard InChI is InChI=1S/C23H26N2O3S2/c1-15-3-8-22(16(2)11-15)30(27,28)19-6-4-17(5-7-19)13-25-23(26)20-12-18-9-10-24-14-21(18)29-20/h4-7,9-10,12,14-16,22H,3,8,11,13H2,1-2H3,(H,25,26). The molecule has 3 atom stereocenters. The van der Waals surface area contributed by atoms with Gasteiger partial charge in [-0.3, -0.25) is 9.78 Å². The molecule has 30 heavy (non-hydrogen) atoms. The first-order valence-corrected chi connectivity index (χ1v) is 12.7. The number of hydrogen-bond acceptors (Lipinski definition) is 5. The minimum atomic E-state index is -3.33. The number of aromatic nitrogens is 1. The van der Waals surface area contributed by atoms with Crippen molar-refractivity contribution in [3.05, 3.63) is 59.2 Å². The van der Waals surface area contributed by atoms with Gasteiger partial charge in [0.15, 0.2) is 9.84 Å². The molecule has 1 N–H and O–H groups in total. The van der Waals surface area contributed by atoms with Gasteiger partial charge in [0, 0.05) is 18.9 Å². The highest BCUT2D eigenvalue weighted by Crippen LogP contribution is 2.35. The molecule has 1 fully saturated rings. The van der Waals surface area contributed by atoms with Crippen molar-refractivity contribution in [3.63, 3.8) is 0 Å². The number of carbonyl (C=O) groups is 1. The molecule has 1 aliphatic rings. The normalized spacial score (nSPS) is 22.1. The average Bonchev–Trinajstić information content (AvgIpc) is 3.16. The molecule has 0 spiro atoms. The molecule has 158 valence electrons. The summed E-state index contributed by atoms with van der Waals surface area (Å²) in [5, 5.41) is 3.61. The lowest BCUT2D eigenvalue weighted by molar-refractivity contribution is 0.0955. The van der Waals surface area contributed by atoms with E-state index in [1.165, 1.54) is 11.3 Å². The Morgan fingerprint density at radius 1 is 1.17 bits per heavy atom. The molecule has 0 aliphatic heterocycles. The van der Waals surface area contributed by atoms with Gasteiger partial charge in [0.05, 0.1) is 19.7 Å². The van der Waals surface area contributed by atoms with E-state index in [1.54, 1.807) is 36.7 Å². The van der Waals surface area contributed by atoms with Gasteiger partial charge in [-0.1, -0.05) is 26.0 Å². The van der Waals surface area contributed by atoms with Crippen molar-refractivity contribution < 1.29 is 13.2 Å². The summed E-state index contributed by atoms with van der Waals surface area (Å²) in [5.74, 6) is 0.627. The summed E-state index contributed by atoms with van der Waals surface area (Å²) < 4.78 is 27.1. The largest absolute Gasteiger partial charge is 0.347 e. The number of fused-ring (bicyclic) bond motifs is 1. The van der Waals surface area contributed by atoms with Crippen molar-refractivity contribution >= 4 is 37.2 Å². The number of hydrogen-bond donors (Lipinski definition) is 1. The summed E-state index contributed by atoms with van der Waals surface area (Å²) >= 11 is 1.41. The van der Waals surface area contributed by atoms with Gasteiger partial charge in [-0.2, -0.15) is 0 Å². The van der Waals surface area contributed by atoms with Gasteiger partial charge in [-0.05, 0) is 66.3 Å². The molecule has 2 aromatic heterocycles. The van der Waals surface area contributed by atoms with Gasteiger partial charge in [0.2, 0.25) is 0 Å². The number of benzene rings is 1. The average molecular weight is 443 g/mol. The molecule has 1 saturated carbocycles. The molecule has 3 aromatic rings. The number of carbonyl (C=O) groups excluding carboxylic acids is 1. The summed E-state index contributed by atoms with van der Waals surface area (Å²) in [4.78, 5) is 17.6. The minimum absolute atomic E-state index is 0.141. The molecule has 3 unspecified atom stereocenters. The topological polar surface area (TPSA) is 76.1 Å². The van der Waals surface area contributed by atoms with Crippen molar-refractivity contribution in [2.24, 2.45) is 11.8 Å². The van der Waals surface area contributed by atoms with Gasteiger partial charge in [-0.15, -0.1) is 11.3 Å². The van der Waals surface area contributed by atoms with Crippen LogP contribution in [0, 0.1) is 11.8 Å². The second kappa shape index (κ2) is 8.47. The van der Waals surface area contributed by atoms with E-state index in [4.69, 9.17) is 0 Å². The van der Waals surface area contributed by atoms with Crippen LogP contribution in [0.1, 0.15) is 48.3 Å². The van der Waals surface area contributed by atoms with Crippen molar-refractivity contribution in [2.45, 2.75) is 49.8 Å². The second-order valence-electron chi connectivity index (χ2n) is 8.33. The van der Waals surface area contributed by atoms with Crippen LogP contribution in [0.2, 0.25) is 0 Å². The molecule has 5 nitrogen and oxygen atoms in total. The first-order chi connectivity index (χ1) is 14.3. The SMILES string of the molecule is CC1CCC(S(=O)(=O)c2ccc(CNC(=O)c3cc4ccncc4s3)cc2)C(C)C1. The molecule has 1 aliphatic carbocycles. The van der Waals surface area contributed by atoms with Gasteiger partial charge in [0.25, 0.3) is 5.91 Å². The third kappa shape index (κ3) is 4.27. The predicted molar refractivity (Wildman–Crippen MR) is 120 cm³/mol. The van der Waals surface area contributed by atoms with E-state index in [0.717, 1.165) is 34.9 Å². The smallest absolute Gasteiger partial charge is 0.261 e. The van der Waals surface area contributed by atoms with Gasteiger partial charge >= 0.3 is 0 Å². The number of thiophene rings is 1. The van der Waals surface area contributed by atoms with Crippen molar-refractivity contribution in [1.82, 2.24) is 10.3 Å². The molecule has 7 heteroatoms. The maximum atomic E-state index is 13.1. The van der Waals surface area contributed by atoms with E-state index in [9.17, 15) is 13.2 Å². The second-order valence-corrected chi connectivity index (χ2v) is 11.6. The molecule has 1 amide bonds. The summed E-state index contributed by atoms with van der Waals surface area (Å²) in [6.45, 7) is 4.59. The molecule has 1 aromatic carbocycles. The summed E-state index contributed by atoms with van der Waals surface area (Å²) in [6.07, 6.45) is 6.12. The molecule has 0 bridgehead atoms. The number of nitrogens with one attached hydrogen (secondary N) is 1. The van der Waals surface area contributed by atoms with E-state index >= 15 is 0 Å². The molecular formula is C23H26N2O3S2. The lowest BCUT2D eigenvalue weighted by Gasteiger charge is -2.32. The first kappa shape index (κ1) is 21.0. The Bertz CT molecular complexity index is 1120. The molecule has 4 rings (SSSR count). The highest BCUT2D eigenvalue weighted by atomic mass is 32.2.